The van der Waals surface area contributed by atoms with Crippen LogP contribution in [0.3, 0.4) is 0 Å². The number of carbonyl (C=O) groups is 1. The van der Waals surface area contributed by atoms with Crippen molar-refractivity contribution in [2.75, 3.05) is 0 Å². The van der Waals surface area contributed by atoms with Gasteiger partial charge in [-0.3, -0.25) is 4.79 Å². The van der Waals surface area contributed by atoms with E-state index >= 15 is 0 Å². The number of rotatable bonds is 6. The molecule has 0 aliphatic heterocycles. The highest BCUT2D eigenvalue weighted by Gasteiger charge is 2.18. The molecule has 0 amide bonds. The van der Waals surface area contributed by atoms with E-state index in [1.54, 1.807) is 11.8 Å². The van der Waals surface area contributed by atoms with Crippen LogP contribution in [0.4, 0.5) is 0 Å². The predicted octanol–water partition coefficient (Wildman–Crippen LogP) is 6.85. The lowest BCUT2D eigenvalue weighted by atomic mass is 10.1. The monoisotopic (exact) mass is 378 g/mol. The highest BCUT2D eigenvalue weighted by atomic mass is 32.2. The van der Waals surface area contributed by atoms with Crippen molar-refractivity contribution in [3.05, 3.63) is 95.6 Å². The Morgan fingerprint density at radius 3 is 1.88 bits per heavy atom. The summed E-state index contributed by atoms with van der Waals surface area (Å²) in [6.45, 7) is 4.14. The number of hydrogen-bond acceptors (Lipinski definition) is 3. The Bertz CT molecular complexity index is 840. The minimum Gasteiger partial charge on any atom is -0.287 e. The Hall–Kier alpha value is -1.97. The summed E-state index contributed by atoms with van der Waals surface area (Å²) in [5.74, 6) is 0. The van der Waals surface area contributed by atoms with Gasteiger partial charge in [0.2, 0.25) is 0 Å². The molecule has 0 aliphatic carbocycles. The molecule has 0 heterocycles. The lowest BCUT2D eigenvalue weighted by Gasteiger charge is -2.16. The Labute approximate surface area is 164 Å². The van der Waals surface area contributed by atoms with Gasteiger partial charge >= 0.3 is 0 Å². The maximum atomic E-state index is 12.7. The van der Waals surface area contributed by atoms with Crippen molar-refractivity contribution in [3.8, 4) is 0 Å². The molecule has 3 aromatic rings. The van der Waals surface area contributed by atoms with Crippen LogP contribution in [0, 0.1) is 13.8 Å². The fraction of sp³-hybridized carbons (Fsp3) is 0.174. The van der Waals surface area contributed by atoms with Gasteiger partial charge in [-0.05, 0) is 43.7 Å². The second-order valence-electron chi connectivity index (χ2n) is 6.32. The molecule has 132 valence electrons. The first-order valence-corrected chi connectivity index (χ1v) is 10.4. The summed E-state index contributed by atoms with van der Waals surface area (Å²) in [5.41, 5.74) is 3.64. The van der Waals surface area contributed by atoms with Crippen LogP contribution in [0.15, 0.2) is 88.7 Å². The van der Waals surface area contributed by atoms with E-state index < -0.39 is 0 Å². The summed E-state index contributed by atoms with van der Waals surface area (Å²) in [5, 5.41) is 0.312. The molecule has 3 aromatic carbocycles. The molecule has 1 unspecified atom stereocenters. The summed E-state index contributed by atoms with van der Waals surface area (Å²) >= 11 is 3.09. The largest absolute Gasteiger partial charge is 0.287 e. The van der Waals surface area contributed by atoms with Crippen LogP contribution in [0.1, 0.15) is 28.4 Å². The Morgan fingerprint density at radius 2 is 1.31 bits per heavy atom. The zero-order valence-electron chi connectivity index (χ0n) is 15.0. The quantitative estimate of drug-likeness (QED) is 0.437. The highest BCUT2D eigenvalue weighted by Crippen LogP contribution is 2.39. The van der Waals surface area contributed by atoms with Crippen LogP contribution in [-0.2, 0) is 4.79 Å². The van der Waals surface area contributed by atoms with E-state index in [2.05, 4.69) is 50.2 Å². The lowest BCUT2D eigenvalue weighted by Crippen LogP contribution is -2.01. The van der Waals surface area contributed by atoms with E-state index in [1.807, 2.05) is 42.5 Å². The van der Waals surface area contributed by atoms with Crippen LogP contribution < -0.4 is 0 Å². The molecular weight excluding hydrogens is 356 g/mol. The van der Waals surface area contributed by atoms with Crippen molar-refractivity contribution in [1.29, 1.82) is 0 Å². The van der Waals surface area contributed by atoms with Crippen molar-refractivity contribution in [2.45, 2.75) is 35.3 Å². The molecule has 3 rings (SSSR count). The second-order valence-corrected chi connectivity index (χ2v) is 8.73. The number of thioether (sulfide) groups is 2. The molecule has 0 saturated heterocycles. The van der Waals surface area contributed by atoms with Gasteiger partial charge in [-0.15, -0.1) is 11.8 Å². The maximum Gasteiger partial charge on any atom is 0.195 e. The molecule has 0 aromatic heterocycles. The van der Waals surface area contributed by atoms with Gasteiger partial charge in [0, 0.05) is 21.5 Å². The van der Waals surface area contributed by atoms with E-state index in [4.69, 9.17) is 0 Å². The normalized spacial score (nSPS) is 11.9. The fourth-order valence-corrected chi connectivity index (χ4v) is 4.65. The van der Waals surface area contributed by atoms with Gasteiger partial charge in [-0.1, -0.05) is 77.5 Å². The van der Waals surface area contributed by atoms with Crippen molar-refractivity contribution >= 4 is 28.6 Å². The van der Waals surface area contributed by atoms with Gasteiger partial charge in [0.15, 0.2) is 5.12 Å². The Morgan fingerprint density at radius 1 is 0.769 bits per heavy atom. The number of hydrogen-bond donors (Lipinski definition) is 0. The third-order valence-corrected chi connectivity index (χ3v) is 6.25. The number of carbonyl (C=O) groups excluding carboxylic acids is 1. The molecule has 0 bridgehead atoms. The maximum absolute atomic E-state index is 12.7. The Kier molecular flexibility index (Phi) is 6.59. The molecule has 1 atom stereocenters. The van der Waals surface area contributed by atoms with Gasteiger partial charge < -0.3 is 0 Å². The zero-order valence-corrected chi connectivity index (χ0v) is 16.6. The van der Waals surface area contributed by atoms with Crippen molar-refractivity contribution < 1.29 is 4.79 Å². The summed E-state index contributed by atoms with van der Waals surface area (Å²) in [6.07, 6.45) is 0.501. The molecule has 0 radical (unpaired) electrons. The van der Waals surface area contributed by atoms with E-state index in [-0.39, 0.29) is 10.4 Å². The van der Waals surface area contributed by atoms with Crippen molar-refractivity contribution in [2.24, 2.45) is 0 Å². The van der Waals surface area contributed by atoms with Gasteiger partial charge in [0.25, 0.3) is 0 Å². The summed E-state index contributed by atoms with van der Waals surface area (Å²) in [7, 11) is 0. The minimum atomic E-state index is 0.115. The highest BCUT2D eigenvalue weighted by molar-refractivity contribution is 8.13. The van der Waals surface area contributed by atoms with Crippen LogP contribution in [0.5, 0.6) is 0 Å². The predicted molar refractivity (Wildman–Crippen MR) is 113 cm³/mol. The van der Waals surface area contributed by atoms with E-state index in [0.29, 0.717) is 6.42 Å². The number of benzene rings is 3. The summed E-state index contributed by atoms with van der Waals surface area (Å²) in [6, 6.07) is 26.9. The molecule has 26 heavy (non-hydrogen) atoms. The topological polar surface area (TPSA) is 17.1 Å². The zero-order chi connectivity index (χ0) is 18.4. The molecule has 0 spiro atoms. The molecule has 0 saturated carbocycles. The molecule has 0 fully saturated rings. The van der Waals surface area contributed by atoms with Gasteiger partial charge in [-0.2, -0.15) is 0 Å². The average molecular weight is 379 g/mol. The van der Waals surface area contributed by atoms with Gasteiger partial charge in [-0.25, -0.2) is 0 Å². The Balaban J connectivity index is 1.73. The molecular formula is C23H22OS2. The van der Waals surface area contributed by atoms with Gasteiger partial charge in [0.1, 0.15) is 0 Å². The van der Waals surface area contributed by atoms with E-state index in [9.17, 15) is 4.79 Å². The molecule has 0 N–H and O–H groups in total. The smallest absolute Gasteiger partial charge is 0.195 e. The first-order chi connectivity index (χ1) is 12.6. The van der Waals surface area contributed by atoms with E-state index in [0.717, 1.165) is 4.90 Å². The third-order valence-electron chi connectivity index (χ3n) is 4.08. The fourth-order valence-electron chi connectivity index (χ4n) is 2.61. The van der Waals surface area contributed by atoms with E-state index in [1.165, 1.54) is 33.3 Å². The molecule has 0 aliphatic rings. The van der Waals surface area contributed by atoms with Crippen molar-refractivity contribution in [1.82, 2.24) is 0 Å². The van der Waals surface area contributed by atoms with Crippen LogP contribution in [0.25, 0.3) is 0 Å². The first-order valence-electron chi connectivity index (χ1n) is 8.66. The summed E-state index contributed by atoms with van der Waals surface area (Å²) in [4.78, 5) is 14.9. The first kappa shape index (κ1) is 18.8. The molecule has 1 nitrogen and oxygen atoms in total. The van der Waals surface area contributed by atoms with Crippen LogP contribution in [0.2, 0.25) is 0 Å². The number of aryl methyl sites for hydroxylation is 2. The van der Waals surface area contributed by atoms with Crippen LogP contribution in [-0.4, -0.2) is 5.12 Å². The molecule has 3 heteroatoms. The van der Waals surface area contributed by atoms with Crippen molar-refractivity contribution in [3.63, 3.8) is 0 Å². The second kappa shape index (κ2) is 9.11. The SMILES string of the molecule is Cc1ccc(SC(=O)CC(Sc2ccc(C)cc2)c2ccccc2)cc1. The summed E-state index contributed by atoms with van der Waals surface area (Å²) < 4.78 is 0. The van der Waals surface area contributed by atoms with Gasteiger partial charge in [0.05, 0.1) is 0 Å². The third kappa shape index (κ3) is 5.52. The van der Waals surface area contributed by atoms with Crippen LogP contribution >= 0.6 is 23.5 Å². The standard InChI is InChI=1S/C23H22OS2/c1-17-8-12-20(13-9-17)25-22(19-6-4-3-5-7-19)16-23(24)26-21-14-10-18(2)11-15-21/h3-15,22H,16H2,1-2H3. The average Bonchev–Trinajstić information content (AvgIpc) is 2.65. The lowest BCUT2D eigenvalue weighted by molar-refractivity contribution is -0.111. The minimum absolute atomic E-state index is 0.115.